The molecule has 0 amide bonds. The summed E-state index contributed by atoms with van der Waals surface area (Å²) in [7, 11) is 0. The van der Waals surface area contributed by atoms with Crippen molar-refractivity contribution in [1.29, 1.82) is 0 Å². The van der Waals surface area contributed by atoms with Crippen molar-refractivity contribution in [2.24, 2.45) is 0 Å². The highest BCUT2D eigenvalue weighted by Crippen LogP contribution is 2.33. The zero-order chi connectivity index (χ0) is 22.0. The standard InChI is InChI=1S/C23H27FO7/c24-18-6-3-14(23-22(28)21(27)20(26)19(11-25)31-23)10-15(18)9-13-1-4-16(5-2-13)30-17-7-8-29-12-17/h1-6,10,17,19-23,25-28H,7-9,11-12H2/t17?,19-,20-,21+,22-,23+/m1/s1/i24-1. The molecule has 2 aliphatic heterocycles. The van der Waals surface area contributed by atoms with Crippen molar-refractivity contribution in [3.8, 4) is 5.75 Å². The molecule has 8 heteroatoms. The van der Waals surface area contributed by atoms with Crippen molar-refractivity contribution in [2.75, 3.05) is 19.8 Å². The summed E-state index contributed by atoms with van der Waals surface area (Å²) in [6, 6.07) is 11.7. The van der Waals surface area contributed by atoms with Crippen LogP contribution in [0.15, 0.2) is 42.5 Å². The highest BCUT2D eigenvalue weighted by atomic mass is 18.2. The van der Waals surface area contributed by atoms with Crippen LogP contribution in [0.5, 0.6) is 5.75 Å². The quantitative estimate of drug-likeness (QED) is 0.540. The van der Waals surface area contributed by atoms with Crippen molar-refractivity contribution >= 4 is 0 Å². The minimum Gasteiger partial charge on any atom is -0.488 e. The Bertz CT molecular complexity index is 867. The maximum Gasteiger partial charge on any atom is 0.126 e. The summed E-state index contributed by atoms with van der Waals surface area (Å²) in [6.07, 6.45) is -5.13. The summed E-state index contributed by atoms with van der Waals surface area (Å²) < 4.78 is 31.2. The smallest absolute Gasteiger partial charge is 0.126 e. The third-order valence-corrected chi connectivity index (χ3v) is 5.80. The molecule has 2 aromatic carbocycles. The molecule has 0 bridgehead atoms. The van der Waals surface area contributed by atoms with Crippen LogP contribution in [0.25, 0.3) is 0 Å². The Morgan fingerprint density at radius 3 is 2.45 bits per heavy atom. The minimum atomic E-state index is -1.48. The molecule has 2 saturated heterocycles. The highest BCUT2D eigenvalue weighted by molar-refractivity contribution is 5.35. The van der Waals surface area contributed by atoms with Crippen molar-refractivity contribution in [1.82, 2.24) is 0 Å². The molecule has 2 aliphatic rings. The van der Waals surface area contributed by atoms with Crippen LogP contribution >= 0.6 is 0 Å². The van der Waals surface area contributed by atoms with Crippen LogP contribution in [-0.2, 0) is 15.9 Å². The van der Waals surface area contributed by atoms with E-state index in [4.69, 9.17) is 14.2 Å². The fourth-order valence-electron chi connectivity index (χ4n) is 3.99. The van der Waals surface area contributed by atoms with Crippen molar-refractivity contribution < 1.29 is 39.0 Å². The Hall–Kier alpha value is -2.07. The fraction of sp³-hybridized carbons (Fsp3) is 0.478. The predicted molar refractivity (Wildman–Crippen MR) is 108 cm³/mol. The first kappa shape index (κ1) is 22.1. The molecule has 1 unspecified atom stereocenters. The third-order valence-electron chi connectivity index (χ3n) is 5.80. The van der Waals surface area contributed by atoms with Gasteiger partial charge in [0.25, 0.3) is 0 Å². The molecule has 0 radical (unpaired) electrons. The lowest BCUT2D eigenvalue weighted by molar-refractivity contribution is -0.231. The first-order valence-corrected chi connectivity index (χ1v) is 10.4. The Morgan fingerprint density at radius 2 is 1.77 bits per heavy atom. The van der Waals surface area contributed by atoms with Gasteiger partial charge in [0, 0.05) is 12.8 Å². The highest BCUT2D eigenvalue weighted by Gasteiger charge is 2.44. The van der Waals surface area contributed by atoms with Crippen LogP contribution in [0.3, 0.4) is 0 Å². The molecule has 0 saturated carbocycles. The molecule has 0 aliphatic carbocycles. The number of aliphatic hydroxyl groups excluding tert-OH is 4. The third kappa shape index (κ3) is 4.90. The molecule has 6 atom stereocenters. The van der Waals surface area contributed by atoms with Gasteiger partial charge in [0.1, 0.15) is 48.2 Å². The average molecular weight is 433 g/mol. The number of ether oxygens (including phenoxy) is 3. The van der Waals surface area contributed by atoms with Gasteiger partial charge in [-0.3, -0.25) is 0 Å². The number of hydrogen-bond donors (Lipinski definition) is 4. The molecule has 0 spiro atoms. The first-order chi connectivity index (χ1) is 15.0. The fourth-order valence-corrected chi connectivity index (χ4v) is 3.99. The molecule has 4 rings (SSSR count). The maximum absolute atomic E-state index is 14.5. The summed E-state index contributed by atoms with van der Waals surface area (Å²) in [5.41, 5.74) is 1.72. The molecule has 4 N–H and O–H groups in total. The summed E-state index contributed by atoms with van der Waals surface area (Å²) in [5.74, 6) is 0.326. The van der Waals surface area contributed by atoms with Crippen LogP contribution in [-0.4, -0.2) is 70.8 Å². The van der Waals surface area contributed by atoms with E-state index < -0.39 is 42.9 Å². The van der Waals surface area contributed by atoms with E-state index in [1.807, 2.05) is 24.3 Å². The van der Waals surface area contributed by atoms with Crippen LogP contribution in [0.4, 0.5) is 4.39 Å². The van der Waals surface area contributed by atoms with E-state index in [1.165, 1.54) is 12.1 Å². The predicted octanol–water partition coefficient (Wildman–Crippen LogP) is 1.10. The molecule has 168 valence electrons. The Kier molecular flexibility index (Phi) is 6.86. The van der Waals surface area contributed by atoms with Crippen molar-refractivity contribution in [2.45, 2.75) is 49.5 Å². The lowest BCUT2D eigenvalue weighted by Gasteiger charge is -2.40. The van der Waals surface area contributed by atoms with Crippen LogP contribution in [0.2, 0.25) is 0 Å². The van der Waals surface area contributed by atoms with Gasteiger partial charge in [0.15, 0.2) is 0 Å². The summed E-state index contributed by atoms with van der Waals surface area (Å²) >= 11 is 0. The SMILES string of the molecule is OC[C@H]1O[C@@H](c2ccc([18F])c(Cc3ccc(OC4CCOC4)cc3)c2)[C@H](O)[C@@H](O)[C@@H]1O. The second-order valence-corrected chi connectivity index (χ2v) is 8.02. The number of aliphatic hydroxyl groups is 4. The van der Waals surface area contributed by atoms with Gasteiger partial charge in [0.05, 0.1) is 19.8 Å². The molecular weight excluding hydrogens is 406 g/mol. The van der Waals surface area contributed by atoms with Gasteiger partial charge in [-0.15, -0.1) is 0 Å². The van der Waals surface area contributed by atoms with E-state index >= 15 is 0 Å². The number of hydrogen-bond acceptors (Lipinski definition) is 7. The van der Waals surface area contributed by atoms with E-state index in [9.17, 15) is 24.8 Å². The average Bonchev–Trinajstić information content (AvgIpc) is 3.28. The topological polar surface area (TPSA) is 109 Å². The number of rotatable bonds is 6. The van der Waals surface area contributed by atoms with Crippen LogP contribution in [0, 0.1) is 5.82 Å². The lowest BCUT2D eigenvalue weighted by atomic mass is 9.90. The molecular formula is C23H27FO7. The van der Waals surface area contributed by atoms with E-state index in [0.29, 0.717) is 30.8 Å². The molecule has 7 nitrogen and oxygen atoms in total. The molecule has 2 heterocycles. The van der Waals surface area contributed by atoms with E-state index in [2.05, 4.69) is 0 Å². The van der Waals surface area contributed by atoms with Gasteiger partial charge in [0.2, 0.25) is 0 Å². The van der Waals surface area contributed by atoms with Gasteiger partial charge in [-0.25, -0.2) is 4.39 Å². The van der Waals surface area contributed by atoms with E-state index in [0.717, 1.165) is 17.7 Å². The monoisotopic (exact) mass is 433 g/mol. The van der Waals surface area contributed by atoms with E-state index in [-0.39, 0.29) is 6.10 Å². The Morgan fingerprint density at radius 1 is 1.00 bits per heavy atom. The normalized spacial score (nSPS) is 31.0. The minimum absolute atomic E-state index is 0.0542. The number of halogens is 1. The van der Waals surface area contributed by atoms with Crippen molar-refractivity contribution in [3.63, 3.8) is 0 Å². The molecule has 2 aromatic rings. The van der Waals surface area contributed by atoms with Gasteiger partial charge in [-0.1, -0.05) is 18.2 Å². The Labute approximate surface area is 179 Å². The second kappa shape index (κ2) is 9.60. The maximum atomic E-state index is 14.5. The largest absolute Gasteiger partial charge is 0.488 e. The van der Waals surface area contributed by atoms with E-state index in [1.54, 1.807) is 6.07 Å². The summed E-state index contributed by atoms with van der Waals surface area (Å²) in [6.45, 7) is 0.765. The van der Waals surface area contributed by atoms with Gasteiger partial charge >= 0.3 is 0 Å². The molecule has 0 aromatic heterocycles. The summed E-state index contributed by atoms with van der Waals surface area (Å²) in [5, 5.41) is 39.7. The molecule has 2 fully saturated rings. The number of benzene rings is 2. The zero-order valence-corrected chi connectivity index (χ0v) is 16.9. The summed E-state index contributed by atoms with van der Waals surface area (Å²) in [4.78, 5) is 0. The Balaban J connectivity index is 1.49. The van der Waals surface area contributed by atoms with Gasteiger partial charge in [-0.2, -0.15) is 0 Å². The van der Waals surface area contributed by atoms with Gasteiger partial charge in [-0.05, 0) is 41.0 Å². The zero-order valence-electron chi connectivity index (χ0n) is 16.9. The van der Waals surface area contributed by atoms with Gasteiger partial charge < -0.3 is 34.6 Å². The van der Waals surface area contributed by atoms with Crippen molar-refractivity contribution in [3.05, 3.63) is 65.0 Å². The first-order valence-electron chi connectivity index (χ1n) is 10.4. The van der Waals surface area contributed by atoms with Crippen LogP contribution in [0.1, 0.15) is 29.2 Å². The second-order valence-electron chi connectivity index (χ2n) is 8.02. The lowest BCUT2D eigenvalue weighted by Crippen LogP contribution is -2.55. The van der Waals surface area contributed by atoms with Crippen LogP contribution < -0.4 is 4.74 Å². The molecule has 31 heavy (non-hydrogen) atoms.